The first-order chi connectivity index (χ1) is 8.22. The fourth-order valence-electron chi connectivity index (χ4n) is 1.25. The van der Waals surface area contributed by atoms with E-state index in [1.807, 2.05) is 11.8 Å². The minimum Gasteiger partial charge on any atom is -0.407 e. The molecule has 0 fully saturated rings. The molecule has 2 N–H and O–H groups in total. The van der Waals surface area contributed by atoms with E-state index >= 15 is 0 Å². The van der Waals surface area contributed by atoms with Crippen molar-refractivity contribution in [3.8, 4) is 0 Å². The molecule has 0 atom stereocenters. The van der Waals surface area contributed by atoms with Crippen LogP contribution < -0.4 is 10.6 Å². The van der Waals surface area contributed by atoms with Crippen LogP contribution in [0.4, 0.5) is 6.01 Å². The summed E-state index contributed by atoms with van der Waals surface area (Å²) in [5, 5.41) is 14.3. The molecule has 0 aliphatic heterocycles. The largest absolute Gasteiger partial charge is 0.407 e. The standard InChI is InChI=1S/C11H22N4OS/c1-9(2)13-8-10-14-15-11(16-10)12-6-4-5-7-17-3/h9,13H,4-8H2,1-3H3,(H,12,15). The first-order valence-corrected chi connectivity index (χ1v) is 7.40. The summed E-state index contributed by atoms with van der Waals surface area (Å²) in [6.07, 6.45) is 4.46. The molecule has 1 rings (SSSR count). The molecule has 6 heteroatoms. The number of aromatic nitrogens is 2. The van der Waals surface area contributed by atoms with E-state index in [2.05, 4.69) is 40.9 Å². The van der Waals surface area contributed by atoms with Gasteiger partial charge in [-0.3, -0.25) is 0 Å². The van der Waals surface area contributed by atoms with Gasteiger partial charge in [0.25, 0.3) is 0 Å². The summed E-state index contributed by atoms with van der Waals surface area (Å²) in [4.78, 5) is 0. The second-order valence-electron chi connectivity index (χ2n) is 4.16. The Morgan fingerprint density at radius 2 is 2.12 bits per heavy atom. The number of rotatable bonds is 9. The predicted octanol–water partition coefficient (Wildman–Crippen LogP) is 2.12. The Balaban J connectivity index is 2.17. The van der Waals surface area contributed by atoms with Gasteiger partial charge in [-0.05, 0) is 24.9 Å². The van der Waals surface area contributed by atoms with E-state index in [1.165, 1.54) is 12.2 Å². The zero-order chi connectivity index (χ0) is 12.5. The number of hydrogen-bond donors (Lipinski definition) is 2. The highest BCUT2D eigenvalue weighted by atomic mass is 32.2. The molecule has 1 aromatic heterocycles. The van der Waals surface area contributed by atoms with Crippen molar-refractivity contribution < 1.29 is 4.42 Å². The van der Waals surface area contributed by atoms with Crippen molar-refractivity contribution in [2.75, 3.05) is 23.9 Å². The first-order valence-electron chi connectivity index (χ1n) is 6.01. The van der Waals surface area contributed by atoms with Crippen LogP contribution in [-0.4, -0.2) is 34.8 Å². The number of nitrogens with zero attached hydrogens (tertiary/aromatic N) is 2. The average molecular weight is 258 g/mol. The van der Waals surface area contributed by atoms with Crippen molar-refractivity contribution in [1.29, 1.82) is 0 Å². The maximum Gasteiger partial charge on any atom is 0.315 e. The Hall–Kier alpha value is -0.750. The molecule has 0 radical (unpaired) electrons. The van der Waals surface area contributed by atoms with Crippen LogP contribution in [-0.2, 0) is 6.54 Å². The number of nitrogens with one attached hydrogen (secondary N) is 2. The van der Waals surface area contributed by atoms with Crippen LogP contribution in [0.15, 0.2) is 4.42 Å². The summed E-state index contributed by atoms with van der Waals surface area (Å²) in [5.74, 6) is 1.83. The van der Waals surface area contributed by atoms with Crippen LogP contribution in [0.2, 0.25) is 0 Å². The second kappa shape index (κ2) is 8.36. The Morgan fingerprint density at radius 3 is 2.82 bits per heavy atom. The summed E-state index contributed by atoms with van der Waals surface area (Å²) in [5.41, 5.74) is 0. The molecule has 0 aliphatic rings. The Kier molecular flexibility index (Phi) is 7.04. The molecule has 0 amide bonds. The summed E-state index contributed by atoms with van der Waals surface area (Å²) < 4.78 is 5.44. The van der Waals surface area contributed by atoms with Gasteiger partial charge in [-0.15, -0.1) is 5.10 Å². The van der Waals surface area contributed by atoms with Crippen LogP contribution in [0.1, 0.15) is 32.6 Å². The molecule has 0 saturated heterocycles. The van der Waals surface area contributed by atoms with Crippen molar-refractivity contribution in [2.45, 2.75) is 39.3 Å². The lowest BCUT2D eigenvalue weighted by atomic mass is 10.3. The molecule has 0 aliphatic carbocycles. The SMILES string of the molecule is CSCCCCNc1nnc(CNC(C)C)o1. The highest BCUT2D eigenvalue weighted by Gasteiger charge is 2.05. The second-order valence-corrected chi connectivity index (χ2v) is 5.15. The molecule has 5 nitrogen and oxygen atoms in total. The molecule has 1 heterocycles. The lowest BCUT2D eigenvalue weighted by Crippen LogP contribution is -2.21. The van der Waals surface area contributed by atoms with Crippen molar-refractivity contribution in [2.24, 2.45) is 0 Å². The van der Waals surface area contributed by atoms with Crippen molar-refractivity contribution in [3.63, 3.8) is 0 Å². The normalized spacial score (nSPS) is 11.1. The molecular weight excluding hydrogens is 236 g/mol. The predicted molar refractivity (Wildman–Crippen MR) is 72.4 cm³/mol. The van der Waals surface area contributed by atoms with E-state index < -0.39 is 0 Å². The zero-order valence-corrected chi connectivity index (χ0v) is 11.6. The van der Waals surface area contributed by atoms with Crippen LogP contribution in [0.25, 0.3) is 0 Å². The first kappa shape index (κ1) is 14.3. The van der Waals surface area contributed by atoms with E-state index in [0.29, 0.717) is 24.5 Å². The Bertz CT molecular complexity index is 303. The van der Waals surface area contributed by atoms with Gasteiger partial charge in [0.05, 0.1) is 6.54 Å². The zero-order valence-electron chi connectivity index (χ0n) is 10.8. The summed E-state index contributed by atoms with van der Waals surface area (Å²) in [7, 11) is 0. The van der Waals surface area contributed by atoms with E-state index in [-0.39, 0.29) is 0 Å². The molecule has 1 aromatic rings. The monoisotopic (exact) mass is 258 g/mol. The van der Waals surface area contributed by atoms with Gasteiger partial charge in [0.15, 0.2) is 0 Å². The lowest BCUT2D eigenvalue weighted by Gasteiger charge is -2.03. The number of thioether (sulfide) groups is 1. The molecule has 98 valence electrons. The Labute approximate surface area is 107 Å². The molecule has 0 spiro atoms. The molecule has 0 aromatic carbocycles. The molecular formula is C11H22N4OS. The third-order valence-electron chi connectivity index (χ3n) is 2.18. The van der Waals surface area contributed by atoms with Crippen molar-refractivity contribution in [3.05, 3.63) is 5.89 Å². The number of hydrogen-bond acceptors (Lipinski definition) is 6. The summed E-state index contributed by atoms with van der Waals surface area (Å²) in [6.45, 7) is 5.68. The number of unbranched alkanes of at least 4 members (excludes halogenated alkanes) is 1. The number of anilines is 1. The third kappa shape index (κ3) is 6.53. The van der Waals surface area contributed by atoms with Gasteiger partial charge in [-0.2, -0.15) is 11.8 Å². The minimum absolute atomic E-state index is 0.421. The van der Waals surface area contributed by atoms with Crippen molar-refractivity contribution in [1.82, 2.24) is 15.5 Å². The fraction of sp³-hybridized carbons (Fsp3) is 0.818. The van der Waals surface area contributed by atoms with E-state index in [0.717, 1.165) is 13.0 Å². The van der Waals surface area contributed by atoms with Gasteiger partial charge in [0.2, 0.25) is 5.89 Å². The molecule has 0 bridgehead atoms. The maximum absolute atomic E-state index is 5.44. The van der Waals surface area contributed by atoms with Gasteiger partial charge in [0, 0.05) is 12.6 Å². The molecule has 17 heavy (non-hydrogen) atoms. The van der Waals surface area contributed by atoms with Gasteiger partial charge >= 0.3 is 6.01 Å². The Morgan fingerprint density at radius 1 is 1.29 bits per heavy atom. The third-order valence-corrected chi connectivity index (χ3v) is 2.88. The van der Waals surface area contributed by atoms with E-state index in [4.69, 9.17) is 4.42 Å². The maximum atomic E-state index is 5.44. The fourth-order valence-corrected chi connectivity index (χ4v) is 1.75. The van der Waals surface area contributed by atoms with Gasteiger partial charge in [-0.1, -0.05) is 18.9 Å². The van der Waals surface area contributed by atoms with Crippen LogP contribution in [0.3, 0.4) is 0 Å². The topological polar surface area (TPSA) is 63.0 Å². The minimum atomic E-state index is 0.421. The smallest absolute Gasteiger partial charge is 0.315 e. The molecule has 0 unspecified atom stereocenters. The lowest BCUT2D eigenvalue weighted by molar-refractivity contribution is 0.458. The van der Waals surface area contributed by atoms with Gasteiger partial charge < -0.3 is 15.1 Å². The van der Waals surface area contributed by atoms with Crippen LogP contribution in [0, 0.1) is 0 Å². The highest BCUT2D eigenvalue weighted by molar-refractivity contribution is 7.98. The quantitative estimate of drug-likeness (QED) is 0.662. The van der Waals surface area contributed by atoms with Crippen molar-refractivity contribution >= 4 is 17.8 Å². The van der Waals surface area contributed by atoms with Crippen LogP contribution >= 0.6 is 11.8 Å². The van der Waals surface area contributed by atoms with Gasteiger partial charge in [-0.25, -0.2) is 0 Å². The molecule has 0 saturated carbocycles. The van der Waals surface area contributed by atoms with Crippen LogP contribution in [0.5, 0.6) is 0 Å². The summed E-state index contributed by atoms with van der Waals surface area (Å²) in [6, 6.07) is 0.944. The highest BCUT2D eigenvalue weighted by Crippen LogP contribution is 2.06. The van der Waals surface area contributed by atoms with E-state index in [1.54, 1.807) is 0 Å². The van der Waals surface area contributed by atoms with Gasteiger partial charge in [0.1, 0.15) is 0 Å². The average Bonchev–Trinajstić information content (AvgIpc) is 2.74. The summed E-state index contributed by atoms with van der Waals surface area (Å²) >= 11 is 1.87. The van der Waals surface area contributed by atoms with E-state index in [9.17, 15) is 0 Å².